The second-order valence-corrected chi connectivity index (χ2v) is 4.74. The predicted octanol–water partition coefficient (Wildman–Crippen LogP) is 2.79. The Bertz CT molecular complexity index is 487. The summed E-state index contributed by atoms with van der Waals surface area (Å²) in [4.78, 5) is 22.2. The van der Waals surface area contributed by atoms with Crippen molar-refractivity contribution in [2.75, 3.05) is 13.7 Å². The van der Waals surface area contributed by atoms with Gasteiger partial charge in [0.05, 0.1) is 17.6 Å². The molecular weight excluding hydrogens is 284 g/mol. The van der Waals surface area contributed by atoms with Gasteiger partial charge in [0.1, 0.15) is 5.02 Å². The van der Waals surface area contributed by atoms with E-state index in [1.165, 1.54) is 18.2 Å². The van der Waals surface area contributed by atoms with Crippen molar-refractivity contribution in [2.24, 2.45) is 0 Å². The second-order valence-electron chi connectivity index (χ2n) is 4.34. The van der Waals surface area contributed by atoms with Gasteiger partial charge in [-0.1, -0.05) is 24.9 Å². The fraction of sp³-hybridized carbons (Fsp3) is 0.462. The predicted molar refractivity (Wildman–Crippen MR) is 76.1 cm³/mol. The molecule has 1 unspecified atom stereocenters. The Balaban J connectivity index is 2.86. The summed E-state index contributed by atoms with van der Waals surface area (Å²) in [6.07, 6.45) is 1.67. The molecule has 0 fully saturated rings. The van der Waals surface area contributed by atoms with Gasteiger partial charge in [0.15, 0.2) is 0 Å². The average molecular weight is 301 g/mol. The van der Waals surface area contributed by atoms with Gasteiger partial charge in [0, 0.05) is 18.7 Å². The Morgan fingerprint density at radius 3 is 2.80 bits per heavy atom. The molecule has 0 aromatic heterocycles. The minimum atomic E-state index is -0.613. The van der Waals surface area contributed by atoms with E-state index in [1.54, 1.807) is 7.11 Å². The van der Waals surface area contributed by atoms with E-state index in [4.69, 9.17) is 16.3 Å². The van der Waals surface area contributed by atoms with Crippen LogP contribution < -0.4 is 5.32 Å². The van der Waals surface area contributed by atoms with Crippen LogP contribution in [-0.4, -0.2) is 30.6 Å². The molecule has 7 heteroatoms. The third-order valence-corrected chi connectivity index (χ3v) is 3.06. The molecule has 0 radical (unpaired) electrons. The number of carbonyl (C=O) groups is 1. The summed E-state index contributed by atoms with van der Waals surface area (Å²) < 4.78 is 5.03. The molecule has 1 aromatic rings. The van der Waals surface area contributed by atoms with Crippen molar-refractivity contribution in [1.82, 2.24) is 5.32 Å². The maximum atomic E-state index is 12.1. The number of nitrogens with zero attached hydrogens (tertiary/aromatic N) is 1. The van der Waals surface area contributed by atoms with Crippen LogP contribution in [0.25, 0.3) is 0 Å². The lowest BCUT2D eigenvalue weighted by Crippen LogP contribution is -2.37. The Hall–Kier alpha value is -1.66. The maximum absolute atomic E-state index is 12.1. The lowest BCUT2D eigenvalue weighted by Gasteiger charge is -2.17. The SMILES string of the molecule is CCCC(COC)NC(=O)c1ccc(Cl)c([N+](=O)[O-])c1. The number of methoxy groups -OCH3 is 1. The van der Waals surface area contributed by atoms with Gasteiger partial charge in [0.25, 0.3) is 11.6 Å². The van der Waals surface area contributed by atoms with Gasteiger partial charge in [-0.15, -0.1) is 0 Å². The molecule has 1 rings (SSSR count). The first-order valence-electron chi connectivity index (χ1n) is 6.23. The van der Waals surface area contributed by atoms with Crippen LogP contribution in [-0.2, 0) is 4.74 Å². The van der Waals surface area contributed by atoms with Gasteiger partial charge in [-0.05, 0) is 18.6 Å². The number of rotatable bonds is 7. The molecule has 110 valence electrons. The van der Waals surface area contributed by atoms with Crippen LogP contribution in [0.15, 0.2) is 18.2 Å². The molecule has 0 bridgehead atoms. The number of benzene rings is 1. The molecule has 0 aliphatic heterocycles. The standard InChI is InChI=1S/C13H17ClN2O4/c1-3-4-10(8-20-2)15-13(17)9-5-6-11(14)12(7-9)16(18)19/h5-7,10H,3-4,8H2,1-2H3,(H,15,17). The largest absolute Gasteiger partial charge is 0.383 e. The molecule has 0 saturated heterocycles. The highest BCUT2D eigenvalue weighted by atomic mass is 35.5. The Morgan fingerprint density at radius 2 is 2.25 bits per heavy atom. The van der Waals surface area contributed by atoms with Crippen LogP contribution in [0.3, 0.4) is 0 Å². The number of hydrogen-bond acceptors (Lipinski definition) is 4. The zero-order valence-corrected chi connectivity index (χ0v) is 12.1. The number of amides is 1. The Morgan fingerprint density at radius 1 is 1.55 bits per heavy atom. The van der Waals surface area contributed by atoms with E-state index in [0.29, 0.717) is 6.61 Å². The number of ether oxygens (including phenoxy) is 1. The van der Waals surface area contributed by atoms with Crippen molar-refractivity contribution in [3.8, 4) is 0 Å². The topological polar surface area (TPSA) is 81.5 Å². The summed E-state index contributed by atoms with van der Waals surface area (Å²) in [6, 6.07) is 3.86. The summed E-state index contributed by atoms with van der Waals surface area (Å²) in [5, 5.41) is 13.6. The zero-order chi connectivity index (χ0) is 15.1. The van der Waals surface area contributed by atoms with Crippen molar-refractivity contribution in [3.63, 3.8) is 0 Å². The van der Waals surface area contributed by atoms with Gasteiger partial charge >= 0.3 is 0 Å². The molecule has 0 heterocycles. The summed E-state index contributed by atoms with van der Waals surface area (Å²) in [5.41, 5.74) is -0.0728. The summed E-state index contributed by atoms with van der Waals surface area (Å²) in [7, 11) is 1.56. The minimum absolute atomic E-state index is 0.00792. The zero-order valence-electron chi connectivity index (χ0n) is 11.4. The highest BCUT2D eigenvalue weighted by Gasteiger charge is 2.18. The van der Waals surface area contributed by atoms with E-state index in [-0.39, 0.29) is 28.2 Å². The molecule has 6 nitrogen and oxygen atoms in total. The third kappa shape index (κ3) is 4.47. The number of hydrogen-bond donors (Lipinski definition) is 1. The second kappa shape index (κ2) is 7.81. The summed E-state index contributed by atoms with van der Waals surface area (Å²) >= 11 is 5.71. The van der Waals surface area contributed by atoms with Gasteiger partial charge in [-0.3, -0.25) is 14.9 Å². The molecule has 1 atom stereocenters. The van der Waals surface area contributed by atoms with Crippen molar-refractivity contribution in [1.29, 1.82) is 0 Å². The van der Waals surface area contributed by atoms with Crippen LogP contribution in [0.5, 0.6) is 0 Å². The molecule has 1 N–H and O–H groups in total. The number of nitrogens with one attached hydrogen (secondary N) is 1. The van der Waals surface area contributed by atoms with E-state index >= 15 is 0 Å². The van der Waals surface area contributed by atoms with Crippen molar-refractivity contribution < 1.29 is 14.5 Å². The summed E-state index contributed by atoms with van der Waals surface area (Å²) in [5.74, 6) is -0.375. The Labute approximate surface area is 122 Å². The fourth-order valence-corrected chi connectivity index (χ4v) is 2.00. The van der Waals surface area contributed by atoms with Gasteiger partial charge in [-0.2, -0.15) is 0 Å². The normalized spacial score (nSPS) is 11.9. The molecular formula is C13H17ClN2O4. The maximum Gasteiger partial charge on any atom is 0.288 e. The quantitative estimate of drug-likeness (QED) is 0.620. The molecule has 0 spiro atoms. The molecule has 20 heavy (non-hydrogen) atoms. The smallest absolute Gasteiger partial charge is 0.288 e. The van der Waals surface area contributed by atoms with E-state index in [0.717, 1.165) is 12.8 Å². The van der Waals surface area contributed by atoms with Crippen LogP contribution in [0.4, 0.5) is 5.69 Å². The van der Waals surface area contributed by atoms with Crippen molar-refractivity contribution >= 4 is 23.2 Å². The van der Waals surface area contributed by atoms with Crippen LogP contribution in [0.1, 0.15) is 30.1 Å². The molecule has 1 aromatic carbocycles. The Kier molecular flexibility index (Phi) is 6.41. The molecule has 0 aliphatic rings. The van der Waals surface area contributed by atoms with Crippen LogP contribution >= 0.6 is 11.6 Å². The van der Waals surface area contributed by atoms with Crippen molar-refractivity contribution in [3.05, 3.63) is 38.9 Å². The lowest BCUT2D eigenvalue weighted by atomic mass is 10.1. The van der Waals surface area contributed by atoms with Gasteiger partial charge in [-0.25, -0.2) is 0 Å². The molecule has 1 amide bonds. The number of halogens is 1. The lowest BCUT2D eigenvalue weighted by molar-refractivity contribution is -0.384. The van der Waals surface area contributed by atoms with Gasteiger partial charge in [0.2, 0.25) is 0 Å². The van der Waals surface area contributed by atoms with E-state index in [9.17, 15) is 14.9 Å². The number of nitro groups is 1. The van der Waals surface area contributed by atoms with E-state index < -0.39 is 4.92 Å². The van der Waals surface area contributed by atoms with Gasteiger partial charge < -0.3 is 10.1 Å². The van der Waals surface area contributed by atoms with Crippen LogP contribution in [0, 0.1) is 10.1 Å². The highest BCUT2D eigenvalue weighted by Crippen LogP contribution is 2.25. The molecule has 0 saturated carbocycles. The first-order chi connectivity index (χ1) is 9.49. The fourth-order valence-electron chi connectivity index (χ4n) is 1.81. The monoisotopic (exact) mass is 300 g/mol. The minimum Gasteiger partial charge on any atom is -0.383 e. The summed E-state index contributed by atoms with van der Waals surface area (Å²) in [6.45, 7) is 2.40. The third-order valence-electron chi connectivity index (χ3n) is 2.75. The number of carbonyl (C=O) groups excluding carboxylic acids is 1. The molecule has 0 aliphatic carbocycles. The number of nitro benzene ring substituents is 1. The van der Waals surface area contributed by atoms with Crippen LogP contribution in [0.2, 0.25) is 5.02 Å². The first kappa shape index (κ1) is 16.4. The van der Waals surface area contributed by atoms with E-state index in [1.807, 2.05) is 6.92 Å². The van der Waals surface area contributed by atoms with Crippen molar-refractivity contribution in [2.45, 2.75) is 25.8 Å². The highest BCUT2D eigenvalue weighted by molar-refractivity contribution is 6.32. The van der Waals surface area contributed by atoms with E-state index in [2.05, 4.69) is 5.32 Å². The first-order valence-corrected chi connectivity index (χ1v) is 6.61. The average Bonchev–Trinajstić information content (AvgIpc) is 2.39.